The van der Waals surface area contributed by atoms with Crippen molar-refractivity contribution in [1.82, 2.24) is 14.1 Å². The first-order valence-corrected chi connectivity index (χ1v) is 11.3. The van der Waals surface area contributed by atoms with Crippen LogP contribution in [-0.2, 0) is 38.7 Å². The third kappa shape index (κ3) is 4.73. The number of esters is 1. The van der Waals surface area contributed by atoms with Crippen LogP contribution in [0.2, 0.25) is 5.02 Å². The number of nitrogens with zero attached hydrogens (tertiary/aromatic N) is 3. The lowest BCUT2D eigenvalue weighted by Gasteiger charge is -2.31. The van der Waals surface area contributed by atoms with Crippen molar-refractivity contribution >= 4 is 27.6 Å². The van der Waals surface area contributed by atoms with Gasteiger partial charge in [-0.1, -0.05) is 11.6 Å². The molecule has 2 aromatic rings. The minimum atomic E-state index is -4.64. The van der Waals surface area contributed by atoms with Crippen molar-refractivity contribution < 1.29 is 31.1 Å². The Kier molecular flexibility index (Phi) is 6.68. The highest BCUT2D eigenvalue weighted by Gasteiger charge is 2.37. The molecule has 0 saturated carbocycles. The van der Waals surface area contributed by atoms with Crippen molar-refractivity contribution in [3.8, 4) is 0 Å². The highest BCUT2D eigenvalue weighted by molar-refractivity contribution is 7.89. The number of ether oxygens (including phenoxy) is 1. The Morgan fingerprint density at radius 3 is 2.71 bits per heavy atom. The maximum Gasteiger partial charge on any atom is 0.416 e. The zero-order valence-corrected chi connectivity index (χ0v) is 18.4. The van der Waals surface area contributed by atoms with Crippen molar-refractivity contribution in [3.05, 3.63) is 46.2 Å². The number of carbonyl (C=O) groups excluding carboxylic acids is 1. The SMILES string of the molecule is CCOC(=O)Cn1ncc2c1CCCC2N(C)S(=O)(=O)c1ccc(C(F)(F)F)cc1Cl. The molecule has 0 spiro atoms. The lowest BCUT2D eigenvalue weighted by Crippen LogP contribution is -2.33. The van der Waals surface area contributed by atoms with Crippen molar-refractivity contribution in [2.75, 3.05) is 13.7 Å². The number of fused-ring (bicyclic) bond motifs is 1. The molecule has 1 unspecified atom stereocenters. The standard InChI is InChI=1S/C19H21ClF3N3O4S/c1-3-30-18(27)11-26-16-6-4-5-15(13(16)10-24-26)25(2)31(28,29)17-8-7-12(9-14(17)20)19(21,22)23/h7-10,15H,3-6,11H2,1-2H3. The Labute approximate surface area is 182 Å². The predicted octanol–water partition coefficient (Wildman–Crippen LogP) is 3.82. The van der Waals surface area contributed by atoms with Gasteiger partial charge in [0.25, 0.3) is 0 Å². The highest BCUT2D eigenvalue weighted by atomic mass is 35.5. The molecule has 12 heteroatoms. The number of hydrogen-bond acceptors (Lipinski definition) is 5. The summed E-state index contributed by atoms with van der Waals surface area (Å²) in [5, 5.41) is 3.70. The molecule has 1 aliphatic rings. The maximum atomic E-state index is 13.2. The summed E-state index contributed by atoms with van der Waals surface area (Å²) in [6, 6.07) is 1.57. The normalized spacial score (nSPS) is 16.9. The van der Waals surface area contributed by atoms with Gasteiger partial charge in [-0.3, -0.25) is 9.48 Å². The first-order valence-electron chi connectivity index (χ1n) is 9.51. The van der Waals surface area contributed by atoms with Crippen LogP contribution in [0.1, 0.15) is 42.6 Å². The van der Waals surface area contributed by atoms with Gasteiger partial charge >= 0.3 is 12.1 Å². The molecular weight excluding hydrogens is 459 g/mol. The van der Waals surface area contributed by atoms with Crippen LogP contribution in [-0.4, -0.2) is 42.1 Å². The third-order valence-electron chi connectivity index (χ3n) is 5.17. The molecule has 0 bridgehead atoms. The van der Waals surface area contributed by atoms with Crippen molar-refractivity contribution in [2.45, 2.75) is 49.8 Å². The summed E-state index contributed by atoms with van der Waals surface area (Å²) >= 11 is 5.92. The van der Waals surface area contributed by atoms with E-state index < -0.39 is 43.7 Å². The first-order chi connectivity index (χ1) is 14.5. The van der Waals surface area contributed by atoms with Crippen LogP contribution >= 0.6 is 11.6 Å². The number of alkyl halides is 3. The second kappa shape index (κ2) is 8.79. The van der Waals surface area contributed by atoms with Gasteiger partial charge in [0.1, 0.15) is 11.4 Å². The number of halogens is 4. The van der Waals surface area contributed by atoms with E-state index in [0.717, 1.165) is 16.1 Å². The Hall–Kier alpha value is -2.11. The van der Waals surface area contributed by atoms with E-state index in [1.807, 2.05) is 0 Å². The quantitative estimate of drug-likeness (QED) is 0.588. The Morgan fingerprint density at radius 1 is 1.39 bits per heavy atom. The highest BCUT2D eigenvalue weighted by Crippen LogP contribution is 2.39. The summed E-state index contributed by atoms with van der Waals surface area (Å²) in [5.41, 5.74) is 0.342. The zero-order chi connectivity index (χ0) is 23.0. The molecule has 1 aromatic carbocycles. The maximum absolute atomic E-state index is 13.2. The number of aromatic nitrogens is 2. The summed E-state index contributed by atoms with van der Waals surface area (Å²) in [4.78, 5) is 11.4. The molecule has 31 heavy (non-hydrogen) atoms. The second-order valence-electron chi connectivity index (χ2n) is 7.08. The molecule has 7 nitrogen and oxygen atoms in total. The van der Waals surface area contributed by atoms with E-state index in [-0.39, 0.29) is 13.2 Å². The number of benzene rings is 1. The van der Waals surface area contributed by atoms with Gasteiger partial charge in [0.05, 0.1) is 29.4 Å². The molecule has 3 rings (SSSR count). The van der Waals surface area contributed by atoms with Crippen LogP contribution in [0.3, 0.4) is 0 Å². The molecule has 0 saturated heterocycles. The van der Waals surface area contributed by atoms with Gasteiger partial charge in [0, 0.05) is 18.3 Å². The fourth-order valence-corrected chi connectivity index (χ4v) is 5.53. The molecule has 0 fully saturated rings. The van der Waals surface area contributed by atoms with Crippen LogP contribution in [0.25, 0.3) is 0 Å². The average Bonchev–Trinajstić information content (AvgIpc) is 3.09. The van der Waals surface area contributed by atoms with Gasteiger partial charge < -0.3 is 4.74 Å². The molecule has 0 N–H and O–H groups in total. The van der Waals surface area contributed by atoms with Gasteiger partial charge in [-0.15, -0.1) is 0 Å². The van der Waals surface area contributed by atoms with E-state index >= 15 is 0 Å². The monoisotopic (exact) mass is 479 g/mol. The van der Waals surface area contributed by atoms with E-state index in [1.54, 1.807) is 6.92 Å². The third-order valence-corrected chi connectivity index (χ3v) is 7.52. The fourth-order valence-electron chi connectivity index (χ4n) is 3.65. The molecular formula is C19H21ClF3N3O4S. The lowest BCUT2D eigenvalue weighted by atomic mass is 9.93. The second-order valence-corrected chi connectivity index (χ2v) is 9.45. The van der Waals surface area contributed by atoms with E-state index in [1.165, 1.54) is 17.9 Å². The molecule has 1 aliphatic carbocycles. The van der Waals surface area contributed by atoms with Crippen molar-refractivity contribution in [2.24, 2.45) is 0 Å². The van der Waals surface area contributed by atoms with Gasteiger partial charge in [0.15, 0.2) is 0 Å². The summed E-state index contributed by atoms with van der Waals surface area (Å²) in [7, 11) is -2.84. The molecule has 170 valence electrons. The number of hydrogen-bond donors (Lipinski definition) is 0. The Balaban J connectivity index is 1.91. The van der Waals surface area contributed by atoms with Crippen LogP contribution in [0, 0.1) is 0 Å². The van der Waals surface area contributed by atoms with E-state index in [0.29, 0.717) is 37.0 Å². The summed E-state index contributed by atoms with van der Waals surface area (Å²) in [6.07, 6.45) is -1.37. The molecule has 1 atom stereocenters. The van der Waals surface area contributed by atoms with Crippen LogP contribution < -0.4 is 0 Å². The largest absolute Gasteiger partial charge is 0.465 e. The number of rotatable bonds is 6. The Bertz CT molecular complexity index is 1090. The van der Waals surface area contributed by atoms with Gasteiger partial charge in [-0.2, -0.15) is 22.6 Å². The summed E-state index contributed by atoms with van der Waals surface area (Å²) < 4.78 is 72.5. The average molecular weight is 480 g/mol. The van der Waals surface area contributed by atoms with Gasteiger partial charge in [-0.05, 0) is 44.4 Å². The minimum Gasteiger partial charge on any atom is -0.465 e. The molecule has 0 amide bonds. The first kappa shape index (κ1) is 23.6. The van der Waals surface area contributed by atoms with Crippen LogP contribution in [0.5, 0.6) is 0 Å². The Morgan fingerprint density at radius 2 is 2.10 bits per heavy atom. The molecule has 1 aromatic heterocycles. The smallest absolute Gasteiger partial charge is 0.416 e. The van der Waals surface area contributed by atoms with Crippen LogP contribution in [0.4, 0.5) is 13.2 Å². The van der Waals surface area contributed by atoms with Crippen LogP contribution in [0.15, 0.2) is 29.3 Å². The zero-order valence-electron chi connectivity index (χ0n) is 16.8. The topological polar surface area (TPSA) is 81.5 Å². The van der Waals surface area contributed by atoms with Crippen molar-refractivity contribution in [1.29, 1.82) is 0 Å². The predicted molar refractivity (Wildman–Crippen MR) is 106 cm³/mol. The summed E-state index contributed by atoms with van der Waals surface area (Å²) in [5.74, 6) is -0.451. The number of carbonyl (C=O) groups is 1. The molecule has 0 aliphatic heterocycles. The molecule has 1 heterocycles. The van der Waals surface area contributed by atoms with E-state index in [4.69, 9.17) is 16.3 Å². The van der Waals surface area contributed by atoms with Gasteiger partial charge in [0.2, 0.25) is 10.0 Å². The van der Waals surface area contributed by atoms with E-state index in [2.05, 4.69) is 5.10 Å². The van der Waals surface area contributed by atoms with Gasteiger partial charge in [-0.25, -0.2) is 8.42 Å². The van der Waals surface area contributed by atoms with Crippen molar-refractivity contribution in [3.63, 3.8) is 0 Å². The van der Waals surface area contributed by atoms with E-state index in [9.17, 15) is 26.4 Å². The fraction of sp³-hybridized carbons (Fsp3) is 0.474. The molecule has 0 radical (unpaired) electrons. The minimum absolute atomic E-state index is 0.0862. The lowest BCUT2D eigenvalue weighted by molar-refractivity contribution is -0.144. The number of sulfonamides is 1. The summed E-state index contributed by atoms with van der Waals surface area (Å²) in [6.45, 7) is 1.84.